The van der Waals surface area contributed by atoms with Gasteiger partial charge in [0.1, 0.15) is 19.3 Å². The Morgan fingerprint density at radius 2 is 0.529 bits per heavy atom. The highest BCUT2D eigenvalue weighted by Crippen LogP contribution is 2.45. The molecule has 0 bridgehead atoms. The molecule has 0 heterocycles. The topological polar surface area (TPSA) is 237 Å². The van der Waals surface area contributed by atoms with Gasteiger partial charge in [-0.1, -0.05) is 292 Å². The van der Waals surface area contributed by atoms with Crippen LogP contribution in [0.15, 0.2) is 0 Å². The number of ether oxygens (including phenoxy) is 4. The number of carbonyl (C=O) groups excluding carboxylic acids is 4. The van der Waals surface area contributed by atoms with Crippen LogP contribution >= 0.6 is 15.6 Å². The molecule has 87 heavy (non-hydrogen) atoms. The average Bonchev–Trinajstić information content (AvgIpc) is 3.69. The minimum Gasteiger partial charge on any atom is -0.462 e. The predicted octanol–water partition coefficient (Wildman–Crippen LogP) is 19.2. The number of esters is 4. The summed E-state index contributed by atoms with van der Waals surface area (Å²) in [6.07, 6.45) is 44.3. The molecule has 0 spiro atoms. The lowest BCUT2D eigenvalue weighted by Gasteiger charge is -2.21. The van der Waals surface area contributed by atoms with Gasteiger partial charge in [-0.25, -0.2) is 9.13 Å². The van der Waals surface area contributed by atoms with E-state index in [0.717, 1.165) is 102 Å². The molecule has 0 aliphatic heterocycles. The van der Waals surface area contributed by atoms with Crippen molar-refractivity contribution >= 4 is 39.5 Å². The quantitative estimate of drug-likeness (QED) is 0.0222. The van der Waals surface area contributed by atoms with Crippen LogP contribution in [-0.2, 0) is 65.4 Å². The van der Waals surface area contributed by atoms with Gasteiger partial charge in [0.05, 0.1) is 26.4 Å². The highest BCUT2D eigenvalue weighted by Gasteiger charge is 2.30. The molecule has 0 radical (unpaired) electrons. The number of unbranched alkanes of at least 4 members (excludes halogenated alkanes) is 37. The van der Waals surface area contributed by atoms with Crippen molar-refractivity contribution in [2.75, 3.05) is 39.6 Å². The third kappa shape index (κ3) is 62.6. The number of hydrogen-bond acceptors (Lipinski definition) is 15. The van der Waals surface area contributed by atoms with Gasteiger partial charge < -0.3 is 33.8 Å². The molecule has 5 atom stereocenters. The number of rotatable bonds is 67. The Kier molecular flexibility index (Phi) is 59.0. The number of phosphoric acid groups is 2. The summed E-state index contributed by atoms with van der Waals surface area (Å²) in [7, 11) is -9.89. The number of carbonyl (C=O) groups is 4. The molecule has 3 N–H and O–H groups in total. The molecule has 0 amide bonds. The van der Waals surface area contributed by atoms with Gasteiger partial charge in [0.25, 0.3) is 0 Å². The summed E-state index contributed by atoms with van der Waals surface area (Å²) in [5, 5.41) is 10.6. The summed E-state index contributed by atoms with van der Waals surface area (Å²) < 4.78 is 68.2. The molecule has 0 aliphatic carbocycles. The lowest BCUT2D eigenvalue weighted by molar-refractivity contribution is -0.161. The normalized spacial score (nSPS) is 14.2. The van der Waals surface area contributed by atoms with Crippen LogP contribution in [0.4, 0.5) is 0 Å². The second-order valence-corrected chi connectivity index (χ2v) is 28.4. The molecule has 0 saturated carbocycles. The Labute approximate surface area is 530 Å². The second-order valence-electron chi connectivity index (χ2n) is 25.5. The third-order valence-electron chi connectivity index (χ3n) is 15.7. The van der Waals surface area contributed by atoms with E-state index in [9.17, 15) is 43.2 Å². The van der Waals surface area contributed by atoms with Crippen molar-refractivity contribution in [3.8, 4) is 0 Å². The molecular weight excluding hydrogens is 1150 g/mol. The maximum atomic E-state index is 13.0. The van der Waals surface area contributed by atoms with Crippen LogP contribution in [0.25, 0.3) is 0 Å². The highest BCUT2D eigenvalue weighted by atomic mass is 31.2. The molecule has 0 fully saturated rings. The second kappa shape index (κ2) is 60.3. The van der Waals surface area contributed by atoms with Gasteiger partial charge in [-0.05, 0) is 37.5 Å². The van der Waals surface area contributed by atoms with E-state index in [4.69, 9.17) is 37.0 Å². The molecule has 0 aromatic carbocycles. The third-order valence-corrected chi connectivity index (χ3v) is 17.6. The first-order valence-electron chi connectivity index (χ1n) is 35.5. The molecule has 19 heteroatoms. The summed E-state index contributed by atoms with van der Waals surface area (Å²) in [4.78, 5) is 72.4. The van der Waals surface area contributed by atoms with Gasteiger partial charge in [-0.3, -0.25) is 37.3 Å². The molecule has 0 aromatic heterocycles. The maximum Gasteiger partial charge on any atom is 0.472 e. The van der Waals surface area contributed by atoms with E-state index in [1.165, 1.54) is 161 Å². The minimum absolute atomic E-state index is 0.106. The van der Waals surface area contributed by atoms with E-state index in [-0.39, 0.29) is 25.7 Å². The van der Waals surface area contributed by atoms with Crippen molar-refractivity contribution in [3.63, 3.8) is 0 Å². The summed E-state index contributed by atoms with van der Waals surface area (Å²) in [6, 6.07) is 0. The van der Waals surface area contributed by atoms with E-state index >= 15 is 0 Å². The van der Waals surface area contributed by atoms with Crippen molar-refractivity contribution in [2.45, 2.75) is 362 Å². The molecule has 17 nitrogen and oxygen atoms in total. The largest absolute Gasteiger partial charge is 0.472 e. The van der Waals surface area contributed by atoms with Crippen molar-refractivity contribution in [2.24, 2.45) is 11.8 Å². The fraction of sp³-hybridized carbons (Fsp3) is 0.941. The first-order valence-corrected chi connectivity index (χ1v) is 38.5. The van der Waals surface area contributed by atoms with Gasteiger partial charge >= 0.3 is 39.5 Å². The lowest BCUT2D eigenvalue weighted by atomic mass is 10.0. The summed E-state index contributed by atoms with van der Waals surface area (Å²) in [6.45, 7) is 9.49. The monoisotopic (exact) mass is 1280 g/mol. The average molecular weight is 1280 g/mol. The minimum atomic E-state index is -4.95. The number of aliphatic hydroxyl groups excluding tert-OH is 1. The standard InChI is InChI=1S/C68H132O17P2/c1-7-9-11-13-15-17-20-25-32-38-44-50-65(70)78-56-63(84-67(72)52-46-40-34-26-21-18-16-14-12-10-8-2)58-82-86(74,75)80-54-62(69)55-81-87(76,77)83-59-64(57-79-66(71)51-45-39-33-29-28-31-37-43-49-61(5)6)85-68(73)53-47-41-35-27-23-19-22-24-30-36-42-48-60(3)4/h60-64,69H,7-59H2,1-6H3,(H,74,75)(H,76,77)/t62-,63+,64+/m0/s1. The summed E-state index contributed by atoms with van der Waals surface area (Å²) >= 11 is 0. The van der Waals surface area contributed by atoms with Crippen LogP contribution in [0, 0.1) is 11.8 Å². The Morgan fingerprint density at radius 1 is 0.310 bits per heavy atom. The smallest absolute Gasteiger partial charge is 0.462 e. The molecule has 0 saturated heterocycles. The van der Waals surface area contributed by atoms with E-state index in [0.29, 0.717) is 25.7 Å². The SMILES string of the molecule is CCCCCCCCCCCCCC(=O)OC[C@H](COP(=O)(O)OC[C@H](O)COP(=O)(O)OC[C@@H](COC(=O)CCCCCCCCCCC(C)C)OC(=O)CCCCCCCCCCCCCC(C)C)OC(=O)CCCCCCCCCCCCC. The van der Waals surface area contributed by atoms with Crippen LogP contribution in [0.1, 0.15) is 343 Å². The maximum absolute atomic E-state index is 13.0. The van der Waals surface area contributed by atoms with Crippen LogP contribution < -0.4 is 0 Å². The molecule has 0 aromatic rings. The number of hydrogen-bond donors (Lipinski definition) is 3. The first kappa shape index (κ1) is 85.1. The van der Waals surface area contributed by atoms with Crippen LogP contribution in [0.5, 0.6) is 0 Å². The van der Waals surface area contributed by atoms with Crippen molar-refractivity contribution in [3.05, 3.63) is 0 Å². The Hall–Kier alpha value is -1.94. The van der Waals surface area contributed by atoms with Gasteiger partial charge in [0.2, 0.25) is 0 Å². The zero-order chi connectivity index (χ0) is 64.3. The Morgan fingerprint density at radius 3 is 0.782 bits per heavy atom. The number of phosphoric ester groups is 2. The Bertz CT molecular complexity index is 1700. The summed E-state index contributed by atoms with van der Waals surface area (Å²) in [5.41, 5.74) is 0. The van der Waals surface area contributed by atoms with Crippen molar-refractivity contribution in [1.29, 1.82) is 0 Å². The zero-order valence-electron chi connectivity index (χ0n) is 56.3. The van der Waals surface area contributed by atoms with E-state index in [2.05, 4.69) is 41.5 Å². The van der Waals surface area contributed by atoms with Crippen LogP contribution in [-0.4, -0.2) is 96.7 Å². The predicted molar refractivity (Wildman–Crippen MR) is 349 cm³/mol. The summed E-state index contributed by atoms with van der Waals surface area (Å²) in [5.74, 6) is -0.635. The van der Waals surface area contributed by atoms with Gasteiger partial charge in [0.15, 0.2) is 12.2 Å². The first-order chi connectivity index (χ1) is 41.9. The van der Waals surface area contributed by atoms with E-state index in [1.54, 1.807) is 0 Å². The van der Waals surface area contributed by atoms with E-state index < -0.39 is 97.5 Å². The van der Waals surface area contributed by atoms with Crippen molar-refractivity contribution in [1.82, 2.24) is 0 Å². The van der Waals surface area contributed by atoms with Gasteiger partial charge in [0, 0.05) is 25.7 Å². The fourth-order valence-corrected chi connectivity index (χ4v) is 11.8. The zero-order valence-corrected chi connectivity index (χ0v) is 58.1. The fourth-order valence-electron chi connectivity index (χ4n) is 10.2. The van der Waals surface area contributed by atoms with Crippen LogP contribution in [0.3, 0.4) is 0 Å². The van der Waals surface area contributed by atoms with Gasteiger partial charge in [-0.2, -0.15) is 0 Å². The molecule has 516 valence electrons. The molecular formula is C68H132O17P2. The Balaban J connectivity index is 5.25. The molecule has 0 aliphatic rings. The molecule has 0 rings (SSSR count). The number of aliphatic hydroxyl groups is 1. The molecule has 2 unspecified atom stereocenters. The van der Waals surface area contributed by atoms with E-state index in [1.807, 2.05) is 0 Å². The van der Waals surface area contributed by atoms with Crippen molar-refractivity contribution < 1.29 is 80.2 Å². The van der Waals surface area contributed by atoms with Gasteiger partial charge in [-0.15, -0.1) is 0 Å². The highest BCUT2D eigenvalue weighted by molar-refractivity contribution is 7.47. The lowest BCUT2D eigenvalue weighted by Crippen LogP contribution is -2.30. The van der Waals surface area contributed by atoms with Crippen LogP contribution in [0.2, 0.25) is 0 Å².